The van der Waals surface area contributed by atoms with Crippen LogP contribution in [0, 0.1) is 0 Å². The molecule has 1 atom stereocenters. The number of nitrogen functional groups attached to an aromatic ring is 1. The molecule has 1 unspecified atom stereocenters. The molecule has 1 rings (SSSR count). The average Bonchev–Trinajstić information content (AvgIpc) is 2.32. The minimum Gasteiger partial charge on any atom is -0.444 e. The maximum Gasteiger partial charge on any atom is 0.407 e. The number of nitrogens with one attached hydrogen (secondary N) is 1. The number of alkyl carbamates (subject to hydrolysis) is 1. The first-order valence-corrected chi connectivity index (χ1v) is 6.75. The molecule has 0 aliphatic carbocycles. The van der Waals surface area contributed by atoms with Crippen LogP contribution in [0.2, 0.25) is 0 Å². The van der Waals surface area contributed by atoms with E-state index in [-0.39, 0.29) is 6.10 Å². The molecule has 0 aromatic heterocycles. The number of anilines is 1. The van der Waals surface area contributed by atoms with E-state index in [0.717, 1.165) is 5.56 Å². The summed E-state index contributed by atoms with van der Waals surface area (Å²) in [5.41, 5.74) is 6.86. The van der Waals surface area contributed by atoms with Gasteiger partial charge in [-0.25, -0.2) is 4.79 Å². The van der Waals surface area contributed by atoms with Crippen molar-refractivity contribution < 1.29 is 14.3 Å². The maximum absolute atomic E-state index is 11.7. The fourth-order valence-electron chi connectivity index (χ4n) is 1.72. The van der Waals surface area contributed by atoms with E-state index in [1.807, 2.05) is 52.0 Å². The van der Waals surface area contributed by atoms with Crippen LogP contribution in [0.25, 0.3) is 0 Å². The minimum atomic E-state index is -0.512. The van der Waals surface area contributed by atoms with Gasteiger partial charge in [0.05, 0.1) is 12.6 Å². The largest absolute Gasteiger partial charge is 0.444 e. The lowest BCUT2D eigenvalue weighted by Crippen LogP contribution is -2.35. The van der Waals surface area contributed by atoms with Gasteiger partial charge < -0.3 is 20.5 Å². The normalized spacial score (nSPS) is 12.8. The van der Waals surface area contributed by atoms with Crippen LogP contribution < -0.4 is 11.1 Å². The highest BCUT2D eigenvalue weighted by Gasteiger charge is 2.18. The summed E-state index contributed by atoms with van der Waals surface area (Å²) in [5, 5.41) is 2.72. The van der Waals surface area contributed by atoms with Crippen LogP contribution in [0.5, 0.6) is 0 Å². The molecule has 0 saturated carbocycles. The van der Waals surface area contributed by atoms with Gasteiger partial charge >= 0.3 is 6.09 Å². The molecular formula is C15H24N2O3. The predicted octanol–water partition coefficient (Wildman–Crippen LogP) is 2.87. The zero-order valence-corrected chi connectivity index (χ0v) is 12.6. The maximum atomic E-state index is 11.7. The Bertz CT molecular complexity index is 441. The summed E-state index contributed by atoms with van der Waals surface area (Å²) in [4.78, 5) is 11.7. The van der Waals surface area contributed by atoms with Crippen molar-refractivity contribution in [3.8, 4) is 0 Å². The molecule has 112 valence electrons. The molecular weight excluding hydrogens is 256 g/mol. The van der Waals surface area contributed by atoms with E-state index in [1.54, 1.807) is 0 Å². The minimum absolute atomic E-state index is 0.240. The van der Waals surface area contributed by atoms with Crippen LogP contribution in [-0.2, 0) is 9.47 Å². The topological polar surface area (TPSA) is 73.6 Å². The third-order valence-electron chi connectivity index (χ3n) is 2.48. The standard InChI is InChI=1S/C15H24N2O3/c1-5-19-13(11-7-6-8-12(16)9-11)10-17-14(18)20-15(2,3)4/h6-9,13H,5,10,16H2,1-4H3,(H,17,18). The van der Waals surface area contributed by atoms with Gasteiger partial charge in [0, 0.05) is 12.3 Å². The summed E-state index contributed by atoms with van der Waals surface area (Å²) in [6.45, 7) is 8.27. The monoisotopic (exact) mass is 280 g/mol. The molecule has 3 N–H and O–H groups in total. The number of ether oxygens (including phenoxy) is 2. The number of benzene rings is 1. The van der Waals surface area contributed by atoms with Crippen LogP contribution in [0.15, 0.2) is 24.3 Å². The Hall–Kier alpha value is -1.75. The molecule has 5 heteroatoms. The van der Waals surface area contributed by atoms with Crippen molar-refractivity contribution in [2.75, 3.05) is 18.9 Å². The van der Waals surface area contributed by atoms with Gasteiger partial charge in [0.2, 0.25) is 0 Å². The van der Waals surface area contributed by atoms with E-state index in [1.165, 1.54) is 0 Å². The molecule has 20 heavy (non-hydrogen) atoms. The van der Waals surface area contributed by atoms with Crippen molar-refractivity contribution in [1.29, 1.82) is 0 Å². The summed E-state index contributed by atoms with van der Waals surface area (Å²) >= 11 is 0. The fraction of sp³-hybridized carbons (Fsp3) is 0.533. The number of hydrogen-bond acceptors (Lipinski definition) is 4. The van der Waals surface area contributed by atoms with Crippen molar-refractivity contribution in [1.82, 2.24) is 5.32 Å². The van der Waals surface area contributed by atoms with Gasteiger partial charge in [0.15, 0.2) is 0 Å². The Labute approximate surface area is 120 Å². The molecule has 0 fully saturated rings. The van der Waals surface area contributed by atoms with Crippen molar-refractivity contribution >= 4 is 11.8 Å². The van der Waals surface area contributed by atoms with Crippen LogP contribution >= 0.6 is 0 Å². The van der Waals surface area contributed by atoms with E-state index in [2.05, 4.69) is 5.32 Å². The molecule has 0 radical (unpaired) electrons. The number of carbonyl (C=O) groups is 1. The zero-order chi connectivity index (χ0) is 15.2. The highest BCUT2D eigenvalue weighted by Crippen LogP contribution is 2.19. The number of hydrogen-bond donors (Lipinski definition) is 2. The van der Waals surface area contributed by atoms with Crippen molar-refractivity contribution in [3.63, 3.8) is 0 Å². The first kappa shape index (κ1) is 16.3. The summed E-state index contributed by atoms with van der Waals surface area (Å²) < 4.78 is 10.8. The van der Waals surface area contributed by atoms with Gasteiger partial charge in [0.25, 0.3) is 0 Å². The number of amides is 1. The molecule has 0 aliphatic heterocycles. The smallest absolute Gasteiger partial charge is 0.407 e. The Kier molecular flexibility index (Phi) is 5.82. The number of rotatable bonds is 5. The highest BCUT2D eigenvalue weighted by molar-refractivity contribution is 5.67. The van der Waals surface area contributed by atoms with Crippen LogP contribution in [0.1, 0.15) is 39.4 Å². The van der Waals surface area contributed by atoms with Crippen LogP contribution in [-0.4, -0.2) is 24.8 Å². The van der Waals surface area contributed by atoms with Gasteiger partial charge in [-0.3, -0.25) is 0 Å². The van der Waals surface area contributed by atoms with Gasteiger partial charge in [-0.1, -0.05) is 12.1 Å². The Morgan fingerprint density at radius 2 is 2.10 bits per heavy atom. The third-order valence-corrected chi connectivity index (χ3v) is 2.48. The lowest BCUT2D eigenvalue weighted by atomic mass is 10.1. The van der Waals surface area contributed by atoms with Crippen molar-refractivity contribution in [3.05, 3.63) is 29.8 Å². The average molecular weight is 280 g/mol. The molecule has 0 spiro atoms. The fourth-order valence-corrected chi connectivity index (χ4v) is 1.72. The molecule has 0 heterocycles. The first-order chi connectivity index (χ1) is 9.31. The highest BCUT2D eigenvalue weighted by atomic mass is 16.6. The van der Waals surface area contributed by atoms with Crippen molar-refractivity contribution in [2.24, 2.45) is 0 Å². The van der Waals surface area contributed by atoms with Gasteiger partial charge in [-0.05, 0) is 45.4 Å². The summed E-state index contributed by atoms with van der Waals surface area (Å²) in [6, 6.07) is 7.45. The van der Waals surface area contributed by atoms with E-state index < -0.39 is 11.7 Å². The Morgan fingerprint density at radius 1 is 1.40 bits per heavy atom. The second-order valence-corrected chi connectivity index (χ2v) is 5.50. The lowest BCUT2D eigenvalue weighted by Gasteiger charge is -2.22. The molecule has 1 aromatic carbocycles. The van der Waals surface area contributed by atoms with Crippen LogP contribution in [0.3, 0.4) is 0 Å². The van der Waals surface area contributed by atoms with E-state index in [0.29, 0.717) is 18.8 Å². The second-order valence-electron chi connectivity index (χ2n) is 5.50. The van der Waals surface area contributed by atoms with Gasteiger partial charge in [-0.2, -0.15) is 0 Å². The molecule has 1 aromatic rings. The quantitative estimate of drug-likeness (QED) is 0.813. The molecule has 5 nitrogen and oxygen atoms in total. The Morgan fingerprint density at radius 3 is 2.65 bits per heavy atom. The van der Waals surface area contributed by atoms with E-state index in [9.17, 15) is 4.79 Å². The SMILES string of the molecule is CCOC(CNC(=O)OC(C)(C)C)c1cccc(N)c1. The number of nitrogens with two attached hydrogens (primary N) is 1. The Balaban J connectivity index is 2.62. The first-order valence-electron chi connectivity index (χ1n) is 6.75. The summed E-state index contributed by atoms with van der Waals surface area (Å²) in [5.74, 6) is 0. The second kappa shape index (κ2) is 7.14. The predicted molar refractivity (Wildman–Crippen MR) is 79.5 cm³/mol. The van der Waals surface area contributed by atoms with Crippen molar-refractivity contribution in [2.45, 2.75) is 39.4 Å². The number of carbonyl (C=O) groups excluding carboxylic acids is 1. The van der Waals surface area contributed by atoms with Gasteiger partial charge in [0.1, 0.15) is 5.60 Å². The summed E-state index contributed by atoms with van der Waals surface area (Å²) in [6.07, 6.45) is -0.692. The molecule has 0 bridgehead atoms. The lowest BCUT2D eigenvalue weighted by molar-refractivity contribution is 0.0379. The van der Waals surface area contributed by atoms with E-state index >= 15 is 0 Å². The zero-order valence-electron chi connectivity index (χ0n) is 12.6. The van der Waals surface area contributed by atoms with Gasteiger partial charge in [-0.15, -0.1) is 0 Å². The van der Waals surface area contributed by atoms with E-state index in [4.69, 9.17) is 15.2 Å². The molecule has 0 aliphatic rings. The van der Waals surface area contributed by atoms with Crippen LogP contribution in [0.4, 0.5) is 10.5 Å². The molecule has 0 saturated heterocycles. The third kappa shape index (κ3) is 5.93. The molecule has 1 amide bonds. The summed E-state index contributed by atoms with van der Waals surface area (Å²) in [7, 11) is 0.